The zero-order chi connectivity index (χ0) is 12.1. The minimum absolute atomic E-state index is 0. The van der Waals surface area contributed by atoms with Crippen LogP contribution in [0, 0.1) is 18.3 Å². The number of rotatable bonds is 3. The summed E-state index contributed by atoms with van der Waals surface area (Å²) in [6.45, 7) is 5.95. The Morgan fingerprint density at radius 1 is 1.37 bits per heavy atom. The van der Waals surface area contributed by atoms with Crippen LogP contribution >= 0.6 is 24.8 Å². The van der Waals surface area contributed by atoms with Crippen LogP contribution in [0.2, 0.25) is 0 Å². The van der Waals surface area contributed by atoms with E-state index < -0.39 is 0 Å². The first kappa shape index (κ1) is 18.1. The summed E-state index contributed by atoms with van der Waals surface area (Å²) in [7, 11) is 0. The highest BCUT2D eigenvalue weighted by molar-refractivity contribution is 5.85. The number of piperazine rings is 1. The molecule has 0 saturated carbocycles. The van der Waals surface area contributed by atoms with E-state index in [1.54, 1.807) is 0 Å². The highest BCUT2D eigenvalue weighted by Crippen LogP contribution is 2.22. The molecule has 6 heteroatoms. The predicted octanol–water partition coefficient (Wildman–Crippen LogP) is 2.09. The summed E-state index contributed by atoms with van der Waals surface area (Å²) in [5, 5.41) is 12.3. The Labute approximate surface area is 127 Å². The summed E-state index contributed by atoms with van der Waals surface area (Å²) in [6.07, 6.45) is 0.510. The van der Waals surface area contributed by atoms with Gasteiger partial charge in [-0.2, -0.15) is 5.26 Å². The molecule has 2 rings (SSSR count). The maximum atomic E-state index is 8.98. The van der Waals surface area contributed by atoms with Gasteiger partial charge < -0.3 is 5.32 Å². The van der Waals surface area contributed by atoms with Gasteiger partial charge in [-0.25, -0.2) is 0 Å². The maximum Gasteiger partial charge on any atom is 0.0652 e. The van der Waals surface area contributed by atoms with Crippen LogP contribution in [-0.2, 0) is 0 Å². The first-order chi connectivity index (χ1) is 8.31. The normalized spacial score (nSPS) is 16.6. The third kappa shape index (κ3) is 4.96. The van der Waals surface area contributed by atoms with Gasteiger partial charge in [-0.05, 0) is 19.1 Å². The Hall–Kier alpha value is -0.860. The molecule has 0 radical (unpaired) electrons. The van der Waals surface area contributed by atoms with Crippen LogP contribution < -0.4 is 5.32 Å². The fourth-order valence-electron chi connectivity index (χ4n) is 2.25. The fraction of sp³-hybridized carbons (Fsp3) is 0.538. The number of aromatic nitrogens is 1. The zero-order valence-electron chi connectivity index (χ0n) is 11.0. The van der Waals surface area contributed by atoms with E-state index in [0.29, 0.717) is 6.42 Å². The largest absolute Gasteiger partial charge is 0.314 e. The van der Waals surface area contributed by atoms with Gasteiger partial charge >= 0.3 is 0 Å². The van der Waals surface area contributed by atoms with Gasteiger partial charge in [0.1, 0.15) is 0 Å². The number of pyridine rings is 1. The maximum absolute atomic E-state index is 8.98. The molecular formula is C13H20Cl2N4. The monoisotopic (exact) mass is 302 g/mol. The molecule has 1 aliphatic rings. The average Bonchev–Trinajstić information content (AvgIpc) is 2.37. The second-order valence-corrected chi connectivity index (χ2v) is 4.37. The number of nitrogens with zero attached hydrogens (tertiary/aromatic N) is 3. The third-order valence-corrected chi connectivity index (χ3v) is 3.13. The summed E-state index contributed by atoms with van der Waals surface area (Å²) in [5.41, 5.74) is 2.04. The SMILES string of the molecule is Cc1cccc([C@@H](CC#N)N2CCNCC2)n1.Cl.Cl. The lowest BCUT2D eigenvalue weighted by molar-refractivity contribution is 0.172. The Morgan fingerprint density at radius 2 is 2.05 bits per heavy atom. The van der Waals surface area contributed by atoms with Crippen LogP contribution in [0.3, 0.4) is 0 Å². The molecule has 1 aromatic rings. The van der Waals surface area contributed by atoms with Crippen LogP contribution in [0.15, 0.2) is 18.2 Å². The quantitative estimate of drug-likeness (QED) is 0.929. The van der Waals surface area contributed by atoms with Gasteiger partial charge in [0.15, 0.2) is 0 Å². The summed E-state index contributed by atoms with van der Waals surface area (Å²) in [4.78, 5) is 6.90. The van der Waals surface area contributed by atoms with Crippen molar-refractivity contribution in [3.05, 3.63) is 29.6 Å². The Bertz CT molecular complexity index is 413. The van der Waals surface area contributed by atoms with Crippen molar-refractivity contribution in [1.29, 1.82) is 5.26 Å². The van der Waals surface area contributed by atoms with Gasteiger partial charge in [0.05, 0.1) is 24.2 Å². The van der Waals surface area contributed by atoms with Crippen molar-refractivity contribution < 1.29 is 0 Å². The number of nitriles is 1. The molecule has 1 fully saturated rings. The van der Waals surface area contributed by atoms with E-state index in [-0.39, 0.29) is 30.9 Å². The van der Waals surface area contributed by atoms with E-state index in [1.807, 2.05) is 25.1 Å². The highest BCUT2D eigenvalue weighted by Gasteiger charge is 2.22. The molecular weight excluding hydrogens is 283 g/mol. The number of nitrogens with one attached hydrogen (secondary N) is 1. The predicted molar refractivity (Wildman–Crippen MR) is 80.9 cm³/mol. The van der Waals surface area contributed by atoms with Crippen molar-refractivity contribution in [2.24, 2.45) is 0 Å². The van der Waals surface area contributed by atoms with E-state index in [4.69, 9.17) is 5.26 Å². The molecule has 1 atom stereocenters. The lowest BCUT2D eigenvalue weighted by Gasteiger charge is -2.33. The molecule has 19 heavy (non-hydrogen) atoms. The summed E-state index contributed by atoms with van der Waals surface area (Å²) in [6, 6.07) is 8.46. The minimum atomic E-state index is 0. The van der Waals surface area contributed by atoms with Gasteiger partial charge in [-0.1, -0.05) is 6.07 Å². The van der Waals surface area contributed by atoms with Crippen LogP contribution in [0.5, 0.6) is 0 Å². The van der Waals surface area contributed by atoms with E-state index in [2.05, 4.69) is 21.3 Å². The lowest BCUT2D eigenvalue weighted by Crippen LogP contribution is -2.45. The molecule has 0 spiro atoms. The molecule has 0 amide bonds. The van der Waals surface area contributed by atoms with Crippen LogP contribution in [0.4, 0.5) is 0 Å². The van der Waals surface area contributed by atoms with E-state index in [0.717, 1.165) is 37.6 Å². The Kier molecular flexibility index (Phi) is 8.70. The fourth-order valence-corrected chi connectivity index (χ4v) is 2.25. The van der Waals surface area contributed by atoms with Gasteiger partial charge in [-0.15, -0.1) is 24.8 Å². The van der Waals surface area contributed by atoms with Crippen molar-refractivity contribution >= 4 is 24.8 Å². The Morgan fingerprint density at radius 3 is 2.63 bits per heavy atom. The smallest absolute Gasteiger partial charge is 0.0652 e. The minimum Gasteiger partial charge on any atom is -0.314 e. The molecule has 1 aromatic heterocycles. The van der Waals surface area contributed by atoms with E-state index >= 15 is 0 Å². The van der Waals surface area contributed by atoms with E-state index in [9.17, 15) is 0 Å². The van der Waals surface area contributed by atoms with Crippen molar-refractivity contribution in [3.63, 3.8) is 0 Å². The van der Waals surface area contributed by atoms with Gasteiger partial charge in [0, 0.05) is 31.9 Å². The zero-order valence-corrected chi connectivity index (χ0v) is 12.6. The summed E-state index contributed by atoms with van der Waals surface area (Å²) >= 11 is 0. The van der Waals surface area contributed by atoms with Crippen molar-refractivity contribution in [2.75, 3.05) is 26.2 Å². The van der Waals surface area contributed by atoms with Crippen molar-refractivity contribution in [3.8, 4) is 6.07 Å². The second kappa shape index (κ2) is 9.11. The molecule has 0 bridgehead atoms. The first-order valence-corrected chi connectivity index (χ1v) is 6.06. The van der Waals surface area contributed by atoms with Crippen LogP contribution in [0.25, 0.3) is 0 Å². The number of aryl methyl sites for hydroxylation is 1. The molecule has 1 N–H and O–H groups in total. The molecule has 4 nitrogen and oxygen atoms in total. The Balaban J connectivity index is 0.00000162. The average molecular weight is 303 g/mol. The first-order valence-electron chi connectivity index (χ1n) is 6.06. The van der Waals surface area contributed by atoms with Crippen LogP contribution in [0.1, 0.15) is 23.9 Å². The second-order valence-electron chi connectivity index (χ2n) is 4.37. The topological polar surface area (TPSA) is 52.0 Å². The highest BCUT2D eigenvalue weighted by atomic mass is 35.5. The van der Waals surface area contributed by atoms with Crippen molar-refractivity contribution in [1.82, 2.24) is 15.2 Å². The molecule has 106 valence electrons. The van der Waals surface area contributed by atoms with E-state index in [1.165, 1.54) is 0 Å². The number of halogens is 2. The van der Waals surface area contributed by atoms with Gasteiger partial charge in [0.25, 0.3) is 0 Å². The summed E-state index contributed by atoms with van der Waals surface area (Å²) < 4.78 is 0. The van der Waals surface area contributed by atoms with Gasteiger partial charge in [0.2, 0.25) is 0 Å². The molecule has 1 saturated heterocycles. The summed E-state index contributed by atoms with van der Waals surface area (Å²) in [5.74, 6) is 0. The van der Waals surface area contributed by atoms with Crippen molar-refractivity contribution in [2.45, 2.75) is 19.4 Å². The molecule has 1 aliphatic heterocycles. The molecule has 0 unspecified atom stereocenters. The number of hydrogen-bond donors (Lipinski definition) is 1. The standard InChI is InChI=1S/C13H18N4.2ClH/c1-11-3-2-4-12(16-11)13(5-6-14)17-9-7-15-8-10-17;;/h2-4,13,15H,5,7-10H2,1H3;2*1H/t13-;;/m1../s1. The van der Waals surface area contributed by atoms with Gasteiger partial charge in [-0.3, -0.25) is 9.88 Å². The number of hydrogen-bond acceptors (Lipinski definition) is 4. The third-order valence-electron chi connectivity index (χ3n) is 3.13. The molecule has 0 aliphatic carbocycles. The molecule has 2 heterocycles. The molecule has 0 aromatic carbocycles. The lowest BCUT2D eigenvalue weighted by atomic mass is 10.1. The van der Waals surface area contributed by atoms with Crippen LogP contribution in [-0.4, -0.2) is 36.1 Å².